The molecule has 0 rings (SSSR count). The third kappa shape index (κ3) is 3.88. The number of hydrogen-bond donors (Lipinski definition) is 2. The first-order valence-electron chi connectivity index (χ1n) is 2.78. The molecule has 9 heavy (non-hydrogen) atoms. The van der Waals surface area contributed by atoms with E-state index in [-0.39, 0.29) is 0 Å². The van der Waals surface area contributed by atoms with Crippen LogP contribution in [-0.2, 0) is 0 Å². The van der Waals surface area contributed by atoms with Crippen molar-refractivity contribution in [2.45, 2.75) is 25.7 Å². The Morgan fingerprint density at radius 2 is 2.33 bits per heavy atom. The average Bonchev–Trinajstić information content (AvgIpc) is 1.63. The molecule has 0 aromatic rings. The van der Waals surface area contributed by atoms with Crippen LogP contribution in [-0.4, -0.2) is 24.5 Å². The maximum absolute atomic E-state index is 9.98. The summed E-state index contributed by atoms with van der Waals surface area (Å²) in [4.78, 5) is 9.98. The molecule has 2 radical (unpaired) electrons. The molecule has 0 bridgehead atoms. The first kappa shape index (κ1) is 8.33. The Morgan fingerprint density at radius 3 is 2.44 bits per heavy atom. The molecule has 0 heterocycles. The molecule has 2 N–H and O–H groups in total. The first-order chi connectivity index (χ1) is 3.98. The maximum Gasteiger partial charge on any atom is 0.404 e. The van der Waals surface area contributed by atoms with Crippen molar-refractivity contribution in [1.82, 2.24) is 5.32 Å². The van der Waals surface area contributed by atoms with Crippen LogP contribution < -0.4 is 5.32 Å². The Hall–Kier alpha value is -0.665. The minimum atomic E-state index is -1.08. The number of hydrogen-bond acceptors (Lipinski definition) is 1. The smallest absolute Gasteiger partial charge is 0.404 e. The summed E-state index contributed by atoms with van der Waals surface area (Å²) in [6, 6.07) is 0. The summed E-state index contributed by atoms with van der Waals surface area (Å²) in [5.41, 5.74) is -0.786. The minimum absolute atomic E-state index is 0.583. The second kappa shape index (κ2) is 2.76. The lowest BCUT2D eigenvalue weighted by molar-refractivity contribution is 0.187. The second-order valence-electron chi connectivity index (χ2n) is 2.20. The highest BCUT2D eigenvalue weighted by Gasteiger charge is 2.15. The Balaban J connectivity index is 3.71. The highest BCUT2D eigenvalue weighted by atomic mass is 16.4. The van der Waals surface area contributed by atoms with E-state index in [1.54, 1.807) is 6.92 Å². The van der Waals surface area contributed by atoms with Crippen molar-refractivity contribution in [3.05, 3.63) is 0 Å². The number of amides is 1. The van der Waals surface area contributed by atoms with Gasteiger partial charge in [0.05, 0.1) is 0 Å². The van der Waals surface area contributed by atoms with Gasteiger partial charge in [0.2, 0.25) is 0 Å². The third-order valence-electron chi connectivity index (χ3n) is 1.13. The molecule has 1 atom stereocenters. The van der Waals surface area contributed by atoms with E-state index in [0.29, 0.717) is 6.42 Å². The van der Waals surface area contributed by atoms with Crippen LogP contribution in [0.15, 0.2) is 0 Å². The van der Waals surface area contributed by atoms with Gasteiger partial charge in [-0.15, -0.1) is 0 Å². The van der Waals surface area contributed by atoms with Gasteiger partial charge < -0.3 is 10.4 Å². The van der Waals surface area contributed by atoms with Crippen LogP contribution in [0.3, 0.4) is 0 Å². The van der Waals surface area contributed by atoms with Crippen LogP contribution in [0.2, 0.25) is 0 Å². The average molecular weight is 127 g/mol. The minimum Gasteiger partial charge on any atom is -0.465 e. The number of carboxylic acid groups (broad SMARTS) is 1. The van der Waals surface area contributed by atoms with Crippen molar-refractivity contribution in [1.29, 1.82) is 0 Å². The molecule has 3 nitrogen and oxygen atoms in total. The van der Waals surface area contributed by atoms with E-state index in [0.717, 1.165) is 0 Å². The van der Waals surface area contributed by atoms with Crippen LogP contribution in [0.1, 0.15) is 20.3 Å². The van der Waals surface area contributed by atoms with Crippen molar-refractivity contribution in [2.75, 3.05) is 0 Å². The van der Waals surface area contributed by atoms with Crippen LogP contribution in [0.25, 0.3) is 0 Å². The standard InChI is InChI=1S/C5H10BNO2/c1-3-5(2,6)7-4(8)9/h7H,3H2,1-2H3,(H,8,9). The summed E-state index contributed by atoms with van der Waals surface area (Å²) in [5.74, 6) is 0. The van der Waals surface area contributed by atoms with Crippen LogP contribution in [0.4, 0.5) is 4.79 Å². The molecule has 0 spiro atoms. The Morgan fingerprint density at radius 1 is 1.89 bits per heavy atom. The van der Waals surface area contributed by atoms with Gasteiger partial charge in [0.25, 0.3) is 0 Å². The molecular formula is C5H10BNO2. The summed E-state index contributed by atoms with van der Waals surface area (Å²) in [7, 11) is 5.42. The molecule has 0 aliphatic heterocycles. The Labute approximate surface area is 55.9 Å². The van der Waals surface area contributed by atoms with Gasteiger partial charge in [0, 0.05) is 5.44 Å². The van der Waals surface area contributed by atoms with E-state index < -0.39 is 11.5 Å². The molecule has 50 valence electrons. The van der Waals surface area contributed by atoms with Crippen molar-refractivity contribution in [2.24, 2.45) is 0 Å². The van der Waals surface area contributed by atoms with Gasteiger partial charge in [-0.05, 0) is 6.42 Å². The van der Waals surface area contributed by atoms with E-state index in [1.165, 1.54) is 0 Å². The fraction of sp³-hybridized carbons (Fsp3) is 0.800. The number of nitrogens with one attached hydrogen (secondary N) is 1. The summed E-state index contributed by atoms with van der Waals surface area (Å²) in [6.45, 7) is 3.44. The van der Waals surface area contributed by atoms with Gasteiger partial charge >= 0.3 is 6.09 Å². The molecule has 0 aromatic carbocycles. The van der Waals surface area contributed by atoms with Gasteiger partial charge in [-0.25, -0.2) is 4.79 Å². The first-order valence-corrected chi connectivity index (χ1v) is 2.78. The lowest BCUT2D eigenvalue weighted by atomic mass is 9.78. The van der Waals surface area contributed by atoms with Gasteiger partial charge in [-0.2, -0.15) is 0 Å². The molecule has 0 fully saturated rings. The lowest BCUT2D eigenvalue weighted by Gasteiger charge is -2.22. The van der Waals surface area contributed by atoms with Crippen LogP contribution in [0.5, 0.6) is 0 Å². The Kier molecular flexibility index (Phi) is 2.55. The number of carbonyl (C=O) groups is 1. The topological polar surface area (TPSA) is 49.3 Å². The SMILES string of the molecule is [B]C(C)(CC)NC(=O)O. The monoisotopic (exact) mass is 127 g/mol. The molecule has 0 saturated carbocycles. The summed E-state index contributed by atoms with van der Waals surface area (Å²) < 4.78 is 0. The zero-order chi connectivity index (χ0) is 7.49. The van der Waals surface area contributed by atoms with E-state index in [4.69, 9.17) is 13.0 Å². The molecule has 1 unspecified atom stereocenters. The predicted molar refractivity (Wildman–Crippen MR) is 35.6 cm³/mol. The fourth-order valence-electron chi connectivity index (χ4n) is 0.333. The zero-order valence-corrected chi connectivity index (χ0v) is 5.64. The predicted octanol–water partition coefficient (Wildman–Crippen LogP) is 0.549. The Bertz CT molecular complexity index is 114. The normalized spacial score (nSPS) is 16.2. The maximum atomic E-state index is 9.98. The van der Waals surface area contributed by atoms with E-state index >= 15 is 0 Å². The molecule has 4 heteroatoms. The summed E-state index contributed by atoms with van der Waals surface area (Å²) in [5, 5.41) is 10.4. The van der Waals surface area contributed by atoms with Gasteiger partial charge in [-0.1, -0.05) is 13.8 Å². The molecular weight excluding hydrogens is 117 g/mol. The molecule has 1 amide bonds. The number of rotatable bonds is 2. The van der Waals surface area contributed by atoms with Crippen molar-refractivity contribution < 1.29 is 9.90 Å². The fourth-order valence-corrected chi connectivity index (χ4v) is 0.333. The van der Waals surface area contributed by atoms with Crippen molar-refractivity contribution in [3.8, 4) is 0 Å². The van der Waals surface area contributed by atoms with Gasteiger partial charge in [0.15, 0.2) is 0 Å². The summed E-state index contributed by atoms with van der Waals surface area (Å²) in [6.07, 6.45) is -0.499. The third-order valence-corrected chi connectivity index (χ3v) is 1.13. The van der Waals surface area contributed by atoms with E-state index in [1.807, 2.05) is 6.92 Å². The highest BCUT2D eigenvalue weighted by Crippen LogP contribution is 2.00. The largest absolute Gasteiger partial charge is 0.465 e. The highest BCUT2D eigenvalue weighted by molar-refractivity contribution is 6.16. The van der Waals surface area contributed by atoms with Gasteiger partial charge in [0.1, 0.15) is 7.85 Å². The summed E-state index contributed by atoms with van der Waals surface area (Å²) >= 11 is 0. The lowest BCUT2D eigenvalue weighted by Crippen LogP contribution is -2.45. The van der Waals surface area contributed by atoms with E-state index in [9.17, 15) is 4.79 Å². The molecule has 0 saturated heterocycles. The van der Waals surface area contributed by atoms with Crippen molar-refractivity contribution >= 4 is 13.9 Å². The second-order valence-corrected chi connectivity index (χ2v) is 2.20. The van der Waals surface area contributed by atoms with Gasteiger partial charge in [-0.3, -0.25) is 0 Å². The molecule has 0 aromatic heterocycles. The van der Waals surface area contributed by atoms with Crippen LogP contribution in [0, 0.1) is 0 Å². The molecule has 0 aliphatic rings. The van der Waals surface area contributed by atoms with Crippen molar-refractivity contribution in [3.63, 3.8) is 0 Å². The van der Waals surface area contributed by atoms with E-state index in [2.05, 4.69) is 5.32 Å². The van der Waals surface area contributed by atoms with Crippen LogP contribution >= 0.6 is 0 Å². The molecule has 0 aliphatic carbocycles. The zero-order valence-electron chi connectivity index (χ0n) is 5.64. The quantitative estimate of drug-likeness (QED) is 0.532.